The number of hydrogen-bond donors (Lipinski definition) is 2. The molecule has 6 heteroatoms. The van der Waals surface area contributed by atoms with Gasteiger partial charge in [0.15, 0.2) is 0 Å². The maximum absolute atomic E-state index is 13.1. The molecular weight excluding hydrogens is 398 g/mol. The zero-order chi connectivity index (χ0) is 21.1. The normalized spacial score (nSPS) is 26.0. The number of aliphatic carboxylic acids is 1. The Hall–Kier alpha value is -2.18. The fraction of sp³-hybridized carbons (Fsp3) is 0.458. The SMILES string of the molecule is O=C(O)CCC/C=C\C[C@H]1[C@@H]2CC[C@@H](C2)[C@@H]1NS(=O)(=O)c1ccc2ccccc2c1. The molecule has 2 aromatic rings. The van der Waals surface area contributed by atoms with Gasteiger partial charge in [0.2, 0.25) is 10.0 Å². The van der Waals surface area contributed by atoms with Crippen molar-refractivity contribution in [2.24, 2.45) is 17.8 Å². The number of benzene rings is 2. The Morgan fingerprint density at radius 1 is 1.07 bits per heavy atom. The molecule has 2 saturated carbocycles. The molecular formula is C24H29NO4S. The largest absolute Gasteiger partial charge is 0.481 e. The van der Waals surface area contributed by atoms with Gasteiger partial charge in [-0.2, -0.15) is 0 Å². The molecule has 2 N–H and O–H groups in total. The first-order valence-corrected chi connectivity index (χ1v) is 12.3. The Kier molecular flexibility index (Phi) is 6.25. The number of carboxylic acid groups (broad SMARTS) is 1. The van der Waals surface area contributed by atoms with Gasteiger partial charge in [0.05, 0.1) is 4.90 Å². The average Bonchev–Trinajstić information content (AvgIpc) is 3.32. The molecule has 0 unspecified atom stereocenters. The molecule has 0 radical (unpaired) electrons. The number of carboxylic acids is 1. The number of hydrogen-bond acceptors (Lipinski definition) is 3. The fourth-order valence-corrected chi connectivity index (χ4v) is 6.65. The molecule has 160 valence electrons. The van der Waals surface area contributed by atoms with Crippen LogP contribution in [0.1, 0.15) is 44.9 Å². The highest BCUT2D eigenvalue weighted by molar-refractivity contribution is 7.89. The van der Waals surface area contributed by atoms with E-state index in [2.05, 4.69) is 10.8 Å². The summed E-state index contributed by atoms with van der Waals surface area (Å²) in [6, 6.07) is 13.1. The second kappa shape index (κ2) is 8.90. The van der Waals surface area contributed by atoms with Gasteiger partial charge in [-0.05, 0) is 79.2 Å². The van der Waals surface area contributed by atoms with Crippen LogP contribution in [0.4, 0.5) is 0 Å². The van der Waals surface area contributed by atoms with Gasteiger partial charge >= 0.3 is 5.97 Å². The van der Waals surface area contributed by atoms with Crippen molar-refractivity contribution in [2.45, 2.75) is 55.9 Å². The van der Waals surface area contributed by atoms with Crippen LogP contribution < -0.4 is 4.72 Å². The van der Waals surface area contributed by atoms with E-state index in [0.29, 0.717) is 29.1 Å². The Bertz CT molecular complexity index is 1050. The summed E-state index contributed by atoms with van der Waals surface area (Å²) in [4.78, 5) is 10.9. The minimum absolute atomic E-state index is 0.0242. The zero-order valence-corrected chi connectivity index (χ0v) is 17.9. The van der Waals surface area contributed by atoms with Crippen molar-refractivity contribution in [3.63, 3.8) is 0 Å². The van der Waals surface area contributed by atoms with E-state index < -0.39 is 16.0 Å². The van der Waals surface area contributed by atoms with Crippen LogP contribution in [0.5, 0.6) is 0 Å². The van der Waals surface area contributed by atoms with E-state index in [1.165, 1.54) is 6.42 Å². The number of fused-ring (bicyclic) bond motifs is 3. The van der Waals surface area contributed by atoms with Crippen LogP contribution in [0, 0.1) is 17.8 Å². The third-order valence-electron chi connectivity index (χ3n) is 6.75. The maximum Gasteiger partial charge on any atom is 0.303 e. The molecule has 0 amide bonds. The number of unbranched alkanes of at least 4 members (excludes halogenated alkanes) is 1. The van der Waals surface area contributed by atoms with Gasteiger partial charge in [0.25, 0.3) is 0 Å². The van der Waals surface area contributed by atoms with Crippen LogP contribution in [-0.4, -0.2) is 25.5 Å². The van der Waals surface area contributed by atoms with Gasteiger partial charge in [0.1, 0.15) is 0 Å². The van der Waals surface area contributed by atoms with Crippen molar-refractivity contribution in [1.82, 2.24) is 4.72 Å². The summed E-state index contributed by atoms with van der Waals surface area (Å²) in [6.07, 6.45) is 9.95. The second-order valence-electron chi connectivity index (χ2n) is 8.65. The molecule has 5 nitrogen and oxygen atoms in total. The van der Waals surface area contributed by atoms with Crippen LogP contribution in [0.15, 0.2) is 59.5 Å². The van der Waals surface area contributed by atoms with Crippen LogP contribution in [0.25, 0.3) is 10.8 Å². The molecule has 0 aromatic heterocycles. The lowest BCUT2D eigenvalue weighted by atomic mass is 9.83. The topological polar surface area (TPSA) is 83.5 Å². The Morgan fingerprint density at radius 2 is 1.83 bits per heavy atom. The first-order chi connectivity index (χ1) is 14.4. The van der Waals surface area contributed by atoms with E-state index in [1.807, 2.05) is 36.4 Å². The minimum atomic E-state index is -3.58. The van der Waals surface area contributed by atoms with Crippen molar-refractivity contribution in [3.05, 3.63) is 54.6 Å². The predicted octanol–water partition coefficient (Wildman–Crippen LogP) is 4.73. The quantitative estimate of drug-likeness (QED) is 0.447. The van der Waals surface area contributed by atoms with Crippen LogP contribution >= 0.6 is 0 Å². The van der Waals surface area contributed by atoms with Crippen LogP contribution in [0.3, 0.4) is 0 Å². The highest BCUT2D eigenvalue weighted by Crippen LogP contribution is 2.50. The van der Waals surface area contributed by atoms with Crippen molar-refractivity contribution >= 4 is 26.8 Å². The smallest absolute Gasteiger partial charge is 0.303 e. The standard InChI is InChI=1S/C24H29NO4S/c26-23(27)10-4-2-1-3-9-22-19-11-12-20(15-19)24(22)25-30(28,29)21-14-13-17-7-5-6-8-18(17)16-21/h1,3,5-8,13-14,16,19-20,22,24-25H,2,4,9-12,15H2,(H,26,27)/b3-1-/t19-,20+,22+,24+/m1/s1. The van der Waals surface area contributed by atoms with E-state index in [0.717, 1.165) is 36.5 Å². The molecule has 0 spiro atoms. The number of rotatable bonds is 9. The third kappa shape index (κ3) is 4.60. The summed E-state index contributed by atoms with van der Waals surface area (Å²) >= 11 is 0. The van der Waals surface area contributed by atoms with Crippen molar-refractivity contribution < 1.29 is 18.3 Å². The van der Waals surface area contributed by atoms with E-state index in [1.54, 1.807) is 12.1 Å². The van der Waals surface area contributed by atoms with Crippen molar-refractivity contribution in [2.75, 3.05) is 0 Å². The molecule has 30 heavy (non-hydrogen) atoms. The van der Waals surface area contributed by atoms with E-state index in [-0.39, 0.29) is 12.5 Å². The molecule has 0 saturated heterocycles. The summed E-state index contributed by atoms with van der Waals surface area (Å²) in [5.74, 6) is 0.535. The molecule has 0 aliphatic heterocycles. The highest BCUT2D eigenvalue weighted by Gasteiger charge is 2.48. The van der Waals surface area contributed by atoms with E-state index in [9.17, 15) is 13.2 Å². The van der Waals surface area contributed by atoms with Gasteiger partial charge in [-0.25, -0.2) is 13.1 Å². The second-order valence-corrected chi connectivity index (χ2v) is 10.4. The number of nitrogens with one attached hydrogen (secondary N) is 1. The Labute approximate surface area is 178 Å². The Morgan fingerprint density at radius 3 is 2.63 bits per heavy atom. The molecule has 2 aromatic carbocycles. The van der Waals surface area contributed by atoms with Gasteiger partial charge in [0, 0.05) is 12.5 Å². The molecule has 4 atom stereocenters. The maximum atomic E-state index is 13.1. The molecule has 2 bridgehead atoms. The summed E-state index contributed by atoms with van der Waals surface area (Å²) < 4.78 is 29.3. The average molecular weight is 428 g/mol. The first kappa shape index (κ1) is 21.1. The molecule has 4 rings (SSSR count). The summed E-state index contributed by atoms with van der Waals surface area (Å²) in [5, 5.41) is 10.7. The first-order valence-electron chi connectivity index (χ1n) is 10.8. The molecule has 2 aliphatic carbocycles. The predicted molar refractivity (Wildman–Crippen MR) is 118 cm³/mol. The van der Waals surface area contributed by atoms with Crippen molar-refractivity contribution in [3.8, 4) is 0 Å². The van der Waals surface area contributed by atoms with Crippen LogP contribution in [0.2, 0.25) is 0 Å². The minimum Gasteiger partial charge on any atom is -0.481 e. The van der Waals surface area contributed by atoms with Gasteiger partial charge in [-0.1, -0.05) is 42.5 Å². The molecule has 2 fully saturated rings. The van der Waals surface area contributed by atoms with Gasteiger partial charge < -0.3 is 5.11 Å². The van der Waals surface area contributed by atoms with Gasteiger partial charge in [-0.3, -0.25) is 4.79 Å². The number of carbonyl (C=O) groups is 1. The number of allylic oxidation sites excluding steroid dienone is 2. The lowest BCUT2D eigenvalue weighted by molar-refractivity contribution is -0.137. The summed E-state index contributed by atoms with van der Waals surface area (Å²) in [5.41, 5.74) is 0. The van der Waals surface area contributed by atoms with E-state index >= 15 is 0 Å². The third-order valence-corrected chi connectivity index (χ3v) is 8.20. The Balaban J connectivity index is 1.44. The lowest BCUT2D eigenvalue weighted by Crippen LogP contribution is -2.43. The van der Waals surface area contributed by atoms with Crippen LogP contribution in [-0.2, 0) is 14.8 Å². The molecule has 2 aliphatic rings. The highest BCUT2D eigenvalue weighted by atomic mass is 32.2. The van der Waals surface area contributed by atoms with Crippen molar-refractivity contribution in [1.29, 1.82) is 0 Å². The molecule has 0 heterocycles. The van der Waals surface area contributed by atoms with Gasteiger partial charge in [-0.15, -0.1) is 0 Å². The fourth-order valence-electron chi connectivity index (χ4n) is 5.26. The summed E-state index contributed by atoms with van der Waals surface area (Å²) in [6.45, 7) is 0. The lowest BCUT2D eigenvalue weighted by Gasteiger charge is -2.31. The summed E-state index contributed by atoms with van der Waals surface area (Å²) in [7, 11) is -3.58. The monoisotopic (exact) mass is 427 g/mol. The number of sulfonamides is 1. The zero-order valence-electron chi connectivity index (χ0n) is 17.0. The van der Waals surface area contributed by atoms with E-state index in [4.69, 9.17) is 5.11 Å².